The van der Waals surface area contributed by atoms with Crippen molar-refractivity contribution in [3.05, 3.63) is 29.2 Å². The van der Waals surface area contributed by atoms with Crippen molar-refractivity contribution in [3.63, 3.8) is 0 Å². The van der Waals surface area contributed by atoms with Crippen LogP contribution in [0.4, 0.5) is 5.69 Å². The maximum Gasteiger partial charge on any atom is 0.250 e. The van der Waals surface area contributed by atoms with Crippen molar-refractivity contribution in [2.24, 2.45) is 0 Å². The Bertz CT molecular complexity index is 495. The smallest absolute Gasteiger partial charge is 0.250 e. The van der Waals surface area contributed by atoms with Gasteiger partial charge in [-0.05, 0) is 15.9 Å². The molecular weight excluding hydrogens is 234 g/mol. The van der Waals surface area contributed by atoms with Crippen molar-refractivity contribution in [3.8, 4) is 5.95 Å². The summed E-state index contributed by atoms with van der Waals surface area (Å²) in [6, 6.07) is 0. The van der Waals surface area contributed by atoms with Crippen molar-refractivity contribution in [1.82, 2.24) is 19.7 Å². The highest BCUT2D eigenvalue weighted by Gasteiger charge is 2.00. The number of hydrogen-bond acceptors (Lipinski definition) is 4. The lowest BCUT2D eigenvalue weighted by atomic mass is 10.6. The first-order chi connectivity index (χ1) is 7.09. The monoisotopic (exact) mass is 241 g/mol. The quantitative estimate of drug-likeness (QED) is 0.810. The van der Waals surface area contributed by atoms with E-state index in [2.05, 4.69) is 31.0 Å². The van der Waals surface area contributed by atoms with Crippen LogP contribution in [0.1, 0.15) is 2.74 Å². The van der Waals surface area contributed by atoms with E-state index < -0.39 is 0 Å². The van der Waals surface area contributed by atoms with Gasteiger partial charge in [-0.1, -0.05) is 0 Å². The Kier molecular flexibility index (Phi) is 1.47. The van der Waals surface area contributed by atoms with Gasteiger partial charge in [0.15, 0.2) is 0 Å². The van der Waals surface area contributed by atoms with E-state index in [1.807, 2.05) is 0 Å². The zero-order chi connectivity index (χ0) is 11.0. The second kappa shape index (κ2) is 3.14. The summed E-state index contributed by atoms with van der Waals surface area (Å²) in [5, 5.41) is 3.79. The van der Waals surface area contributed by atoms with Crippen molar-refractivity contribution in [2.75, 3.05) is 5.73 Å². The molecule has 2 aromatic rings. The number of nitrogens with zero attached hydrogens (tertiary/aromatic N) is 4. The second-order valence-electron chi connectivity index (χ2n) is 2.27. The van der Waals surface area contributed by atoms with E-state index in [-0.39, 0.29) is 18.3 Å². The van der Waals surface area contributed by atoms with Gasteiger partial charge < -0.3 is 5.73 Å². The number of anilines is 1. The summed E-state index contributed by atoms with van der Waals surface area (Å²) in [6.07, 6.45) is 2.84. The lowest BCUT2D eigenvalue weighted by Crippen LogP contribution is -2.01. The van der Waals surface area contributed by atoms with Gasteiger partial charge in [-0.3, -0.25) is 0 Å². The molecule has 5 nitrogen and oxygen atoms in total. The van der Waals surface area contributed by atoms with Gasteiger partial charge in [-0.2, -0.15) is 5.10 Å². The zero-order valence-corrected chi connectivity index (χ0v) is 7.98. The zero-order valence-electron chi connectivity index (χ0n) is 8.40. The van der Waals surface area contributed by atoms with Crippen molar-refractivity contribution in [1.29, 1.82) is 0 Å². The normalized spacial score (nSPS) is 12.4. The molecule has 0 aliphatic heterocycles. The number of nitrogen functional groups attached to an aromatic ring is 1. The second-order valence-corrected chi connectivity index (χ2v) is 3.06. The summed E-state index contributed by atoms with van der Waals surface area (Å²) in [7, 11) is 0. The average Bonchev–Trinajstić information content (AvgIpc) is 2.47. The number of hydrogen-bond donors (Lipinski definition) is 1. The minimum Gasteiger partial charge on any atom is -0.396 e. The molecule has 0 saturated heterocycles. The van der Waals surface area contributed by atoms with Gasteiger partial charge in [0, 0.05) is 6.17 Å². The van der Waals surface area contributed by atoms with Crippen LogP contribution in [0.25, 0.3) is 5.95 Å². The predicted octanol–water partition coefficient (Wildman–Crippen LogP) is 1.01. The molecule has 0 bridgehead atoms. The molecule has 0 aliphatic carbocycles. The van der Waals surface area contributed by atoms with E-state index in [9.17, 15) is 0 Å². The molecule has 0 aromatic carbocycles. The summed E-state index contributed by atoms with van der Waals surface area (Å²) < 4.78 is 16.5. The van der Waals surface area contributed by atoms with Crippen molar-refractivity contribution in [2.45, 2.75) is 0 Å². The van der Waals surface area contributed by atoms with Crippen LogP contribution in [0.5, 0.6) is 0 Å². The summed E-state index contributed by atoms with van der Waals surface area (Å²) in [5.74, 6) is 0.216. The van der Waals surface area contributed by atoms with Crippen LogP contribution in [0.2, 0.25) is 0 Å². The molecule has 6 heteroatoms. The Morgan fingerprint density at radius 1 is 1.46 bits per heavy atom. The maximum absolute atomic E-state index is 7.63. The topological polar surface area (TPSA) is 69.6 Å². The summed E-state index contributed by atoms with van der Waals surface area (Å²) in [5.41, 5.74) is 5.86. The number of halogens is 1. The van der Waals surface area contributed by atoms with Gasteiger partial charge in [0.2, 0.25) is 0 Å². The van der Waals surface area contributed by atoms with Crippen LogP contribution < -0.4 is 5.73 Å². The van der Waals surface area contributed by atoms with Crippen molar-refractivity contribution >= 4 is 21.6 Å². The standard InChI is InChI=1S/C7H6BrN5/c8-5-1-12-13(4-5)7-10-2-6(9)3-11-7/h1-4H,9H2/i1D,4D. The Morgan fingerprint density at radius 3 is 2.69 bits per heavy atom. The SMILES string of the molecule is [2H]c1nn(-c2ncc(N)cn2)c([2H])c1Br. The molecule has 0 fully saturated rings. The van der Waals surface area contributed by atoms with Crippen LogP contribution in [0.15, 0.2) is 29.2 Å². The van der Waals surface area contributed by atoms with E-state index in [1.165, 1.54) is 12.4 Å². The molecule has 0 atom stereocenters. The predicted molar refractivity (Wildman–Crippen MR) is 51.3 cm³/mol. The van der Waals surface area contributed by atoms with Crippen LogP contribution in [-0.2, 0) is 0 Å². The summed E-state index contributed by atoms with van der Waals surface area (Å²) >= 11 is 3.07. The Hall–Kier alpha value is -1.43. The van der Waals surface area contributed by atoms with E-state index in [4.69, 9.17) is 8.48 Å². The van der Waals surface area contributed by atoms with E-state index in [1.54, 1.807) is 0 Å². The van der Waals surface area contributed by atoms with Crippen LogP contribution in [0, 0.1) is 0 Å². The molecule has 0 radical (unpaired) electrons. The fourth-order valence-corrected chi connectivity index (χ4v) is 1.02. The van der Waals surface area contributed by atoms with Gasteiger partial charge in [-0.15, -0.1) is 0 Å². The highest BCUT2D eigenvalue weighted by molar-refractivity contribution is 9.10. The molecule has 0 saturated carbocycles. The van der Waals surface area contributed by atoms with Crippen molar-refractivity contribution < 1.29 is 2.74 Å². The molecule has 2 N–H and O–H groups in total. The molecule has 0 aliphatic rings. The molecule has 0 spiro atoms. The molecule has 2 aromatic heterocycles. The van der Waals surface area contributed by atoms with Crippen LogP contribution in [0.3, 0.4) is 0 Å². The van der Waals surface area contributed by atoms with Gasteiger partial charge in [0.05, 0.1) is 31.5 Å². The molecule has 2 heterocycles. The minimum atomic E-state index is -0.0274. The molecular formula is C7H6BrN5. The molecule has 0 amide bonds. The highest BCUT2D eigenvalue weighted by atomic mass is 79.9. The van der Waals surface area contributed by atoms with E-state index in [0.29, 0.717) is 10.2 Å². The third-order valence-corrected chi connectivity index (χ3v) is 1.65. The van der Waals surface area contributed by atoms with Crippen LogP contribution >= 0.6 is 15.9 Å². The largest absolute Gasteiger partial charge is 0.396 e. The average molecular weight is 242 g/mol. The number of rotatable bonds is 1. The Labute approximate surface area is 85.6 Å². The minimum absolute atomic E-state index is 0.0274. The fraction of sp³-hybridized carbons (Fsp3) is 0. The number of nitrogens with two attached hydrogens (primary N) is 1. The van der Waals surface area contributed by atoms with Crippen LogP contribution in [-0.4, -0.2) is 19.7 Å². The van der Waals surface area contributed by atoms with Gasteiger partial charge in [-0.25, -0.2) is 14.6 Å². The Balaban J connectivity index is 2.54. The molecule has 66 valence electrons. The fourth-order valence-electron chi connectivity index (χ4n) is 0.772. The molecule has 2 rings (SSSR count). The van der Waals surface area contributed by atoms with Gasteiger partial charge in [0.25, 0.3) is 5.95 Å². The lowest BCUT2D eigenvalue weighted by molar-refractivity contribution is 0.809. The van der Waals surface area contributed by atoms with E-state index >= 15 is 0 Å². The first kappa shape index (κ1) is 6.09. The molecule has 13 heavy (non-hydrogen) atoms. The highest BCUT2D eigenvalue weighted by Crippen LogP contribution is 2.09. The lowest BCUT2D eigenvalue weighted by Gasteiger charge is -1.97. The third kappa shape index (κ3) is 1.67. The summed E-state index contributed by atoms with van der Waals surface area (Å²) in [6.45, 7) is 0. The summed E-state index contributed by atoms with van der Waals surface area (Å²) in [4.78, 5) is 7.81. The number of aromatic nitrogens is 4. The van der Waals surface area contributed by atoms with Gasteiger partial charge in [0.1, 0.15) is 0 Å². The first-order valence-corrected chi connectivity index (χ1v) is 4.18. The first-order valence-electron chi connectivity index (χ1n) is 4.39. The third-order valence-electron chi connectivity index (χ3n) is 1.30. The maximum atomic E-state index is 7.63. The van der Waals surface area contributed by atoms with E-state index in [0.717, 1.165) is 4.68 Å². The Morgan fingerprint density at radius 2 is 2.15 bits per heavy atom. The van der Waals surface area contributed by atoms with Gasteiger partial charge >= 0.3 is 0 Å². The molecule has 0 unspecified atom stereocenters.